The molecule has 1 aliphatic carbocycles. The van der Waals surface area contributed by atoms with E-state index in [1.165, 1.54) is 0 Å². The van der Waals surface area contributed by atoms with Crippen molar-refractivity contribution in [1.29, 1.82) is 0 Å². The Bertz CT molecular complexity index is 669. The van der Waals surface area contributed by atoms with Crippen molar-refractivity contribution in [2.75, 3.05) is 13.2 Å². The van der Waals surface area contributed by atoms with E-state index in [1.807, 2.05) is 37.0 Å². The van der Waals surface area contributed by atoms with Crippen LogP contribution in [0.3, 0.4) is 0 Å². The number of allylic oxidation sites excluding steroid dienone is 3. The van der Waals surface area contributed by atoms with Gasteiger partial charge in [0.05, 0.1) is 18.8 Å². The lowest BCUT2D eigenvalue weighted by molar-refractivity contribution is -0.152. The third-order valence-corrected chi connectivity index (χ3v) is 5.42. The minimum atomic E-state index is -1.04. The molecule has 0 aromatic rings. The lowest BCUT2D eigenvalue weighted by Gasteiger charge is -2.39. The number of hydrogen-bond acceptors (Lipinski definition) is 4. The predicted octanol–water partition coefficient (Wildman–Crippen LogP) is 3.61. The molecule has 0 N–H and O–H groups in total. The molecule has 0 unspecified atom stereocenters. The molecule has 6 heteroatoms. The van der Waals surface area contributed by atoms with Gasteiger partial charge in [0.15, 0.2) is 6.23 Å². The first-order valence-electron chi connectivity index (χ1n) is 9.88. The fourth-order valence-corrected chi connectivity index (χ4v) is 4.36. The SMILES string of the molecule is C=CC[C@@]1(C(=O)OCC)C=CCC=C1N1C(=O)N2CCC[C@H]2[C@@H]1OC(C)C. The molecule has 3 rings (SSSR count). The Morgan fingerprint density at radius 3 is 2.93 bits per heavy atom. The van der Waals surface area contributed by atoms with E-state index in [9.17, 15) is 9.59 Å². The number of esters is 1. The summed E-state index contributed by atoms with van der Waals surface area (Å²) in [5.41, 5.74) is -0.377. The van der Waals surface area contributed by atoms with Gasteiger partial charge in [0, 0.05) is 12.2 Å². The molecule has 6 nitrogen and oxygen atoms in total. The van der Waals surface area contributed by atoms with Gasteiger partial charge in [-0.1, -0.05) is 24.3 Å². The number of rotatable bonds is 7. The van der Waals surface area contributed by atoms with Crippen LogP contribution in [0.2, 0.25) is 0 Å². The van der Waals surface area contributed by atoms with Crippen LogP contribution in [0.25, 0.3) is 0 Å². The molecule has 2 saturated heterocycles. The smallest absolute Gasteiger partial charge is 0.326 e. The fraction of sp³-hybridized carbons (Fsp3) is 0.619. The van der Waals surface area contributed by atoms with Gasteiger partial charge >= 0.3 is 12.0 Å². The normalized spacial score (nSPS) is 29.9. The molecule has 3 aliphatic rings. The molecule has 2 heterocycles. The first-order valence-corrected chi connectivity index (χ1v) is 9.88. The third kappa shape index (κ3) is 3.31. The maximum atomic E-state index is 13.3. The van der Waals surface area contributed by atoms with Gasteiger partial charge in [-0.2, -0.15) is 0 Å². The first kappa shape index (κ1) is 19.7. The van der Waals surface area contributed by atoms with E-state index in [4.69, 9.17) is 9.47 Å². The predicted molar refractivity (Wildman–Crippen MR) is 103 cm³/mol. The molecule has 0 aromatic heterocycles. The van der Waals surface area contributed by atoms with E-state index in [1.54, 1.807) is 17.9 Å². The van der Waals surface area contributed by atoms with Crippen LogP contribution < -0.4 is 0 Å². The third-order valence-electron chi connectivity index (χ3n) is 5.42. The number of carbonyl (C=O) groups excluding carboxylic acids is 2. The van der Waals surface area contributed by atoms with Gasteiger partial charge in [0.25, 0.3) is 0 Å². The molecule has 3 atom stereocenters. The van der Waals surface area contributed by atoms with Gasteiger partial charge in [0.1, 0.15) is 5.41 Å². The quantitative estimate of drug-likeness (QED) is 0.505. The average Bonchev–Trinajstić information content (AvgIpc) is 3.20. The van der Waals surface area contributed by atoms with Crippen LogP contribution in [0.1, 0.15) is 46.5 Å². The lowest BCUT2D eigenvalue weighted by Crippen LogP contribution is -2.47. The summed E-state index contributed by atoms with van der Waals surface area (Å²) in [5, 5.41) is 0. The average molecular weight is 374 g/mol. The minimum Gasteiger partial charge on any atom is -0.465 e. The van der Waals surface area contributed by atoms with E-state index < -0.39 is 11.6 Å². The van der Waals surface area contributed by atoms with E-state index >= 15 is 0 Å². The number of nitrogens with zero attached hydrogens (tertiary/aromatic N) is 2. The zero-order chi connectivity index (χ0) is 19.6. The Kier molecular flexibility index (Phi) is 5.75. The second kappa shape index (κ2) is 7.89. The van der Waals surface area contributed by atoms with Crippen molar-refractivity contribution in [3.8, 4) is 0 Å². The topological polar surface area (TPSA) is 59.1 Å². The maximum Gasteiger partial charge on any atom is 0.326 e. The van der Waals surface area contributed by atoms with Crippen LogP contribution in [0, 0.1) is 5.41 Å². The summed E-state index contributed by atoms with van der Waals surface area (Å²) >= 11 is 0. The first-order chi connectivity index (χ1) is 13.0. The summed E-state index contributed by atoms with van der Waals surface area (Å²) in [4.78, 5) is 29.9. The zero-order valence-corrected chi connectivity index (χ0v) is 16.5. The molecule has 0 radical (unpaired) electrons. The number of fused-ring (bicyclic) bond motifs is 1. The Balaban J connectivity index is 2.04. The van der Waals surface area contributed by atoms with Crippen molar-refractivity contribution < 1.29 is 19.1 Å². The van der Waals surface area contributed by atoms with E-state index in [0.717, 1.165) is 19.4 Å². The summed E-state index contributed by atoms with van der Waals surface area (Å²) in [5.74, 6) is -0.352. The standard InChI is InChI=1S/C21H30N2O4/c1-5-12-21(19(24)26-6-2)13-8-7-11-17(21)23-18(27-15(3)4)16-10-9-14-22(16)20(23)25/h5,8,11,13,15-16,18H,1,6-7,9-10,12,14H2,2-4H3/t16-,18-,21+/m0/s1. The van der Waals surface area contributed by atoms with Crippen LogP contribution in [0.4, 0.5) is 4.79 Å². The van der Waals surface area contributed by atoms with Crippen molar-refractivity contribution in [2.45, 2.75) is 64.8 Å². The lowest BCUT2D eigenvalue weighted by atomic mass is 9.77. The molecular formula is C21H30N2O4. The van der Waals surface area contributed by atoms with Crippen molar-refractivity contribution >= 4 is 12.0 Å². The number of hydrogen-bond donors (Lipinski definition) is 0. The summed E-state index contributed by atoms with van der Waals surface area (Å²) in [7, 11) is 0. The van der Waals surface area contributed by atoms with Gasteiger partial charge < -0.3 is 14.4 Å². The molecule has 27 heavy (non-hydrogen) atoms. The maximum absolute atomic E-state index is 13.3. The molecule has 148 valence electrons. The highest BCUT2D eigenvalue weighted by Gasteiger charge is 2.55. The molecule has 0 saturated carbocycles. The Morgan fingerprint density at radius 1 is 1.48 bits per heavy atom. The highest BCUT2D eigenvalue weighted by atomic mass is 16.5. The monoisotopic (exact) mass is 374 g/mol. The van der Waals surface area contributed by atoms with Crippen LogP contribution in [0.5, 0.6) is 0 Å². The molecular weight excluding hydrogens is 344 g/mol. The van der Waals surface area contributed by atoms with Gasteiger partial charge in [-0.15, -0.1) is 6.58 Å². The van der Waals surface area contributed by atoms with Gasteiger partial charge in [-0.25, -0.2) is 4.79 Å². The Labute approximate surface area is 161 Å². The summed E-state index contributed by atoms with van der Waals surface area (Å²) < 4.78 is 11.6. The number of urea groups is 1. The summed E-state index contributed by atoms with van der Waals surface area (Å²) in [6.07, 6.45) is 9.99. The van der Waals surface area contributed by atoms with Crippen molar-refractivity contribution in [3.63, 3.8) is 0 Å². The zero-order valence-electron chi connectivity index (χ0n) is 16.5. The minimum absolute atomic E-state index is 0.0235. The molecule has 0 bridgehead atoms. The van der Waals surface area contributed by atoms with Crippen molar-refractivity contribution in [1.82, 2.24) is 9.80 Å². The van der Waals surface area contributed by atoms with E-state index in [0.29, 0.717) is 18.5 Å². The Morgan fingerprint density at radius 2 is 2.26 bits per heavy atom. The molecule has 2 aliphatic heterocycles. The van der Waals surface area contributed by atoms with Crippen molar-refractivity contribution in [3.05, 3.63) is 36.6 Å². The second-order valence-corrected chi connectivity index (χ2v) is 7.54. The molecule has 2 fully saturated rings. The highest BCUT2D eigenvalue weighted by Crippen LogP contribution is 2.45. The van der Waals surface area contributed by atoms with E-state index in [2.05, 4.69) is 6.58 Å². The molecule has 2 amide bonds. The largest absolute Gasteiger partial charge is 0.465 e. The summed E-state index contributed by atoms with van der Waals surface area (Å²) in [6, 6.07) is -0.0576. The van der Waals surface area contributed by atoms with Crippen LogP contribution >= 0.6 is 0 Å². The number of ether oxygens (including phenoxy) is 2. The number of amides is 2. The van der Waals surface area contributed by atoms with Crippen LogP contribution in [0.15, 0.2) is 36.6 Å². The highest BCUT2D eigenvalue weighted by molar-refractivity contribution is 5.88. The van der Waals surface area contributed by atoms with Gasteiger partial charge in [-0.05, 0) is 46.5 Å². The number of carbonyl (C=O) groups is 2. The van der Waals surface area contributed by atoms with Gasteiger partial charge in [0.2, 0.25) is 0 Å². The summed E-state index contributed by atoms with van der Waals surface area (Å²) in [6.45, 7) is 10.6. The molecule has 0 aromatic carbocycles. The second-order valence-electron chi connectivity index (χ2n) is 7.54. The van der Waals surface area contributed by atoms with Gasteiger partial charge in [-0.3, -0.25) is 9.69 Å². The van der Waals surface area contributed by atoms with Crippen molar-refractivity contribution in [2.24, 2.45) is 5.41 Å². The van der Waals surface area contributed by atoms with E-state index in [-0.39, 0.29) is 30.8 Å². The van der Waals surface area contributed by atoms with Crippen LogP contribution in [-0.2, 0) is 14.3 Å². The molecule has 0 spiro atoms. The van der Waals surface area contributed by atoms with Crippen LogP contribution in [-0.4, -0.2) is 53.3 Å². The Hall–Kier alpha value is -2.08. The fourth-order valence-electron chi connectivity index (χ4n) is 4.36.